The van der Waals surface area contributed by atoms with Gasteiger partial charge in [-0.1, -0.05) is 24.3 Å². The van der Waals surface area contributed by atoms with Crippen molar-refractivity contribution in [3.8, 4) is 11.1 Å². The Kier molecular flexibility index (Phi) is 2.78. The number of nitrogens with one attached hydrogen (secondary N) is 1. The number of hydrogen-bond donors (Lipinski definition) is 1. The summed E-state index contributed by atoms with van der Waals surface area (Å²) in [5, 5.41) is 0.976. The zero-order chi connectivity index (χ0) is 16.1. The first-order valence-electron chi connectivity index (χ1n) is 7.34. The summed E-state index contributed by atoms with van der Waals surface area (Å²) in [5.74, 6) is 0. The van der Waals surface area contributed by atoms with Crippen LogP contribution in [-0.4, -0.2) is 14.1 Å². The highest BCUT2D eigenvalue weighted by Gasteiger charge is 2.11. The standard InChI is InChI=1S/C18H15N3O2/c1-20-15-8-7-11(10-16(15)21(2)18(20)23)13-9-12-5-3-4-6-14(12)19-17(13)22/h3-10H,1-2H3,(H,19,22). The van der Waals surface area contributed by atoms with Gasteiger partial charge in [0.15, 0.2) is 0 Å². The average Bonchev–Trinajstić information content (AvgIpc) is 2.78. The van der Waals surface area contributed by atoms with Crippen molar-refractivity contribution in [3.05, 3.63) is 69.4 Å². The lowest BCUT2D eigenvalue weighted by atomic mass is 10.0. The molecule has 0 atom stereocenters. The van der Waals surface area contributed by atoms with E-state index in [2.05, 4.69) is 4.98 Å². The molecule has 0 aliphatic heterocycles. The second-order valence-corrected chi connectivity index (χ2v) is 5.70. The third-order valence-corrected chi connectivity index (χ3v) is 4.34. The molecule has 0 saturated heterocycles. The van der Waals surface area contributed by atoms with E-state index in [9.17, 15) is 9.59 Å². The van der Waals surface area contributed by atoms with Crippen LogP contribution < -0.4 is 11.2 Å². The van der Waals surface area contributed by atoms with Crippen molar-refractivity contribution in [2.75, 3.05) is 0 Å². The predicted molar refractivity (Wildman–Crippen MR) is 91.7 cm³/mol. The first-order chi connectivity index (χ1) is 11.1. The zero-order valence-corrected chi connectivity index (χ0v) is 12.8. The Balaban J connectivity index is 2.02. The number of aryl methyl sites for hydroxylation is 2. The molecule has 0 aliphatic carbocycles. The second kappa shape index (κ2) is 4.71. The summed E-state index contributed by atoms with van der Waals surface area (Å²) in [5.41, 5.74) is 3.65. The minimum Gasteiger partial charge on any atom is -0.321 e. The van der Waals surface area contributed by atoms with Gasteiger partial charge in [0.25, 0.3) is 5.56 Å². The Bertz CT molecular complexity index is 1180. The number of hydrogen-bond acceptors (Lipinski definition) is 2. The fourth-order valence-electron chi connectivity index (χ4n) is 3.04. The zero-order valence-electron chi connectivity index (χ0n) is 12.8. The maximum atomic E-state index is 12.4. The Morgan fingerprint density at radius 2 is 1.61 bits per heavy atom. The quantitative estimate of drug-likeness (QED) is 0.587. The van der Waals surface area contributed by atoms with Gasteiger partial charge in [-0.25, -0.2) is 4.79 Å². The molecule has 2 aromatic heterocycles. The first kappa shape index (κ1) is 13.6. The van der Waals surface area contributed by atoms with Crippen molar-refractivity contribution < 1.29 is 0 Å². The molecule has 5 heteroatoms. The van der Waals surface area contributed by atoms with E-state index >= 15 is 0 Å². The fraction of sp³-hybridized carbons (Fsp3) is 0.111. The van der Waals surface area contributed by atoms with E-state index in [-0.39, 0.29) is 11.2 Å². The van der Waals surface area contributed by atoms with Crippen LogP contribution in [0, 0.1) is 0 Å². The maximum Gasteiger partial charge on any atom is 0.328 e. The van der Waals surface area contributed by atoms with Crippen LogP contribution in [0.1, 0.15) is 0 Å². The summed E-state index contributed by atoms with van der Waals surface area (Å²) in [7, 11) is 3.48. The highest BCUT2D eigenvalue weighted by atomic mass is 16.1. The van der Waals surface area contributed by atoms with E-state index in [4.69, 9.17) is 0 Å². The number of para-hydroxylation sites is 1. The van der Waals surface area contributed by atoms with Crippen LogP contribution in [0.2, 0.25) is 0 Å². The highest BCUT2D eigenvalue weighted by Crippen LogP contribution is 2.23. The fourth-order valence-corrected chi connectivity index (χ4v) is 3.04. The minimum absolute atomic E-state index is 0.0791. The van der Waals surface area contributed by atoms with Gasteiger partial charge in [0.05, 0.1) is 11.0 Å². The largest absolute Gasteiger partial charge is 0.328 e. The van der Waals surface area contributed by atoms with Crippen LogP contribution in [0.3, 0.4) is 0 Å². The normalized spacial score (nSPS) is 11.4. The van der Waals surface area contributed by atoms with E-state index in [1.807, 2.05) is 48.5 Å². The summed E-state index contributed by atoms with van der Waals surface area (Å²) >= 11 is 0. The van der Waals surface area contributed by atoms with E-state index in [0.717, 1.165) is 27.5 Å². The molecule has 23 heavy (non-hydrogen) atoms. The van der Waals surface area contributed by atoms with Crippen LogP contribution in [0.5, 0.6) is 0 Å². The van der Waals surface area contributed by atoms with Gasteiger partial charge in [-0.2, -0.15) is 0 Å². The number of rotatable bonds is 1. The van der Waals surface area contributed by atoms with Crippen molar-refractivity contribution in [2.24, 2.45) is 14.1 Å². The average molecular weight is 305 g/mol. The number of imidazole rings is 1. The van der Waals surface area contributed by atoms with Gasteiger partial charge in [0, 0.05) is 25.2 Å². The maximum absolute atomic E-state index is 12.4. The molecule has 4 aromatic rings. The van der Waals surface area contributed by atoms with Gasteiger partial charge in [-0.15, -0.1) is 0 Å². The molecule has 0 bridgehead atoms. The molecular weight excluding hydrogens is 290 g/mol. The highest BCUT2D eigenvalue weighted by molar-refractivity contribution is 5.87. The number of nitrogens with zero attached hydrogens (tertiary/aromatic N) is 2. The lowest BCUT2D eigenvalue weighted by molar-refractivity contribution is 0.795. The second-order valence-electron chi connectivity index (χ2n) is 5.70. The molecule has 0 radical (unpaired) electrons. The monoisotopic (exact) mass is 305 g/mol. The lowest BCUT2D eigenvalue weighted by Crippen LogP contribution is -2.19. The molecule has 2 heterocycles. The summed E-state index contributed by atoms with van der Waals surface area (Å²) < 4.78 is 3.19. The Morgan fingerprint density at radius 1 is 0.870 bits per heavy atom. The van der Waals surface area contributed by atoms with Crippen molar-refractivity contribution in [3.63, 3.8) is 0 Å². The number of aromatic nitrogens is 3. The van der Waals surface area contributed by atoms with Gasteiger partial charge < -0.3 is 4.98 Å². The van der Waals surface area contributed by atoms with Crippen molar-refractivity contribution in [1.29, 1.82) is 0 Å². The van der Waals surface area contributed by atoms with E-state index in [1.54, 1.807) is 23.2 Å². The van der Waals surface area contributed by atoms with Crippen LogP contribution in [0.15, 0.2) is 58.1 Å². The summed E-state index contributed by atoms with van der Waals surface area (Å²) in [6.45, 7) is 0. The van der Waals surface area contributed by atoms with Gasteiger partial charge >= 0.3 is 5.69 Å². The summed E-state index contributed by atoms with van der Waals surface area (Å²) in [4.78, 5) is 27.3. The Hall–Kier alpha value is -3.08. The summed E-state index contributed by atoms with van der Waals surface area (Å²) in [6, 6.07) is 15.2. The topological polar surface area (TPSA) is 59.8 Å². The van der Waals surface area contributed by atoms with Crippen LogP contribution in [-0.2, 0) is 14.1 Å². The van der Waals surface area contributed by atoms with Crippen molar-refractivity contribution in [2.45, 2.75) is 0 Å². The Morgan fingerprint density at radius 3 is 2.43 bits per heavy atom. The van der Waals surface area contributed by atoms with E-state index in [0.29, 0.717) is 5.56 Å². The van der Waals surface area contributed by atoms with Gasteiger partial charge in [-0.05, 0) is 35.2 Å². The summed E-state index contributed by atoms with van der Waals surface area (Å²) in [6.07, 6.45) is 0. The smallest absolute Gasteiger partial charge is 0.321 e. The molecule has 2 aromatic carbocycles. The van der Waals surface area contributed by atoms with E-state index in [1.165, 1.54) is 0 Å². The van der Waals surface area contributed by atoms with Crippen LogP contribution in [0.4, 0.5) is 0 Å². The molecule has 5 nitrogen and oxygen atoms in total. The number of pyridine rings is 1. The molecule has 4 rings (SSSR count). The van der Waals surface area contributed by atoms with Gasteiger partial charge in [0.2, 0.25) is 0 Å². The van der Waals surface area contributed by atoms with Crippen LogP contribution >= 0.6 is 0 Å². The predicted octanol–water partition coefficient (Wildman–Crippen LogP) is 2.39. The molecule has 0 amide bonds. The lowest BCUT2D eigenvalue weighted by Gasteiger charge is -2.05. The first-order valence-corrected chi connectivity index (χ1v) is 7.34. The van der Waals surface area contributed by atoms with Gasteiger partial charge in [0.1, 0.15) is 0 Å². The number of aromatic amines is 1. The number of H-pyrrole nitrogens is 1. The van der Waals surface area contributed by atoms with Crippen molar-refractivity contribution >= 4 is 21.9 Å². The van der Waals surface area contributed by atoms with E-state index < -0.39 is 0 Å². The molecule has 0 saturated carbocycles. The molecule has 1 N–H and O–H groups in total. The third-order valence-electron chi connectivity index (χ3n) is 4.34. The third kappa shape index (κ3) is 1.93. The minimum atomic E-state index is -0.135. The SMILES string of the molecule is Cn1c(=O)n(C)c2cc(-c3cc4ccccc4[nH]c3=O)ccc21. The molecule has 0 unspecified atom stereocenters. The number of fused-ring (bicyclic) bond motifs is 2. The van der Waals surface area contributed by atoms with Crippen LogP contribution in [0.25, 0.3) is 33.1 Å². The molecule has 0 aliphatic rings. The van der Waals surface area contributed by atoms with Gasteiger partial charge in [-0.3, -0.25) is 13.9 Å². The van der Waals surface area contributed by atoms with Crippen molar-refractivity contribution in [1.82, 2.24) is 14.1 Å². The Labute approximate surface area is 131 Å². The molecular formula is C18H15N3O2. The molecule has 0 fully saturated rings. The molecule has 114 valence electrons. The number of benzene rings is 2. The molecule has 0 spiro atoms.